The van der Waals surface area contributed by atoms with Crippen LogP contribution in [0.4, 0.5) is 5.69 Å². The fourth-order valence-corrected chi connectivity index (χ4v) is 3.06. The number of nitriles is 1. The number of benzene rings is 1. The predicted molar refractivity (Wildman–Crippen MR) is 89.5 cm³/mol. The van der Waals surface area contributed by atoms with Gasteiger partial charge < -0.3 is 14.4 Å². The molecular formula is C18H21N3O2. The Morgan fingerprint density at radius 3 is 3.04 bits per heavy atom. The van der Waals surface area contributed by atoms with Crippen molar-refractivity contribution in [2.45, 2.75) is 6.42 Å². The molecule has 0 N–H and O–H groups in total. The van der Waals surface area contributed by atoms with Gasteiger partial charge in [0, 0.05) is 37.2 Å². The monoisotopic (exact) mass is 311 g/mol. The zero-order valence-electron chi connectivity index (χ0n) is 13.4. The van der Waals surface area contributed by atoms with E-state index >= 15 is 0 Å². The number of pyridine rings is 1. The molecule has 0 spiro atoms. The van der Waals surface area contributed by atoms with Crippen molar-refractivity contribution in [1.82, 2.24) is 4.98 Å². The number of hydrogen-bond acceptors (Lipinski definition) is 5. The molecule has 5 nitrogen and oxygen atoms in total. The number of hydrogen-bond donors (Lipinski definition) is 0. The van der Waals surface area contributed by atoms with Gasteiger partial charge in [0.1, 0.15) is 11.8 Å². The van der Waals surface area contributed by atoms with E-state index in [1.807, 2.05) is 24.3 Å². The molecule has 1 unspecified atom stereocenters. The molecule has 1 aromatic heterocycles. The molecule has 0 saturated carbocycles. The lowest BCUT2D eigenvalue weighted by Gasteiger charge is -2.21. The highest BCUT2D eigenvalue weighted by molar-refractivity contribution is 5.92. The molecule has 1 saturated heterocycles. The van der Waals surface area contributed by atoms with Crippen LogP contribution in [-0.4, -0.2) is 45.0 Å². The maximum atomic E-state index is 9.22. The van der Waals surface area contributed by atoms with Crippen molar-refractivity contribution in [2.24, 2.45) is 5.92 Å². The first-order valence-electron chi connectivity index (χ1n) is 7.93. The molecule has 1 fully saturated rings. The van der Waals surface area contributed by atoms with E-state index in [9.17, 15) is 5.26 Å². The number of para-hydroxylation sites is 1. The molecule has 2 heterocycles. The molecule has 0 aliphatic carbocycles. The van der Waals surface area contributed by atoms with Crippen LogP contribution in [0.2, 0.25) is 0 Å². The second-order valence-corrected chi connectivity index (χ2v) is 5.82. The molecule has 23 heavy (non-hydrogen) atoms. The molecule has 2 aromatic rings. The zero-order valence-corrected chi connectivity index (χ0v) is 13.4. The van der Waals surface area contributed by atoms with Gasteiger partial charge in [-0.15, -0.1) is 0 Å². The Morgan fingerprint density at radius 2 is 2.22 bits per heavy atom. The van der Waals surface area contributed by atoms with Crippen molar-refractivity contribution in [3.05, 3.63) is 36.0 Å². The van der Waals surface area contributed by atoms with E-state index in [4.69, 9.17) is 9.47 Å². The molecule has 0 amide bonds. The highest BCUT2D eigenvalue weighted by Crippen LogP contribution is 2.31. The van der Waals surface area contributed by atoms with E-state index in [0.717, 1.165) is 42.7 Å². The number of rotatable bonds is 6. The molecule has 5 heteroatoms. The van der Waals surface area contributed by atoms with Crippen LogP contribution in [0, 0.1) is 17.2 Å². The van der Waals surface area contributed by atoms with Crippen molar-refractivity contribution in [3.63, 3.8) is 0 Å². The maximum Gasteiger partial charge on any atom is 0.143 e. The third-order valence-corrected chi connectivity index (χ3v) is 4.22. The van der Waals surface area contributed by atoms with Gasteiger partial charge in [-0.1, -0.05) is 18.2 Å². The zero-order chi connectivity index (χ0) is 16.1. The SMILES string of the molecule is COCCOCC1CCN(c2cc(C#N)nc3ccccc23)C1. The Kier molecular flexibility index (Phi) is 5.06. The van der Waals surface area contributed by atoms with E-state index in [0.29, 0.717) is 24.8 Å². The summed E-state index contributed by atoms with van der Waals surface area (Å²) in [4.78, 5) is 6.73. The van der Waals surface area contributed by atoms with Crippen LogP contribution >= 0.6 is 0 Å². The van der Waals surface area contributed by atoms with E-state index in [1.165, 1.54) is 0 Å². The normalized spacial score (nSPS) is 17.6. The first-order valence-corrected chi connectivity index (χ1v) is 7.93. The first-order chi connectivity index (χ1) is 11.3. The smallest absolute Gasteiger partial charge is 0.143 e. The number of ether oxygens (including phenoxy) is 2. The maximum absolute atomic E-state index is 9.22. The third kappa shape index (κ3) is 3.61. The van der Waals surface area contributed by atoms with Crippen molar-refractivity contribution >= 4 is 16.6 Å². The van der Waals surface area contributed by atoms with Crippen LogP contribution in [0.3, 0.4) is 0 Å². The Morgan fingerprint density at radius 1 is 1.35 bits per heavy atom. The van der Waals surface area contributed by atoms with Gasteiger partial charge >= 0.3 is 0 Å². The van der Waals surface area contributed by atoms with Crippen LogP contribution in [0.15, 0.2) is 30.3 Å². The summed E-state index contributed by atoms with van der Waals surface area (Å²) in [6.07, 6.45) is 1.10. The summed E-state index contributed by atoms with van der Waals surface area (Å²) < 4.78 is 10.7. The van der Waals surface area contributed by atoms with Crippen molar-refractivity contribution < 1.29 is 9.47 Å². The van der Waals surface area contributed by atoms with Crippen LogP contribution in [0.5, 0.6) is 0 Å². The number of methoxy groups -OCH3 is 1. The summed E-state index contributed by atoms with van der Waals surface area (Å²) in [5.41, 5.74) is 2.45. The van der Waals surface area contributed by atoms with Gasteiger partial charge in [0.05, 0.1) is 25.3 Å². The standard InChI is InChI=1S/C18H21N3O2/c1-22-8-9-23-13-14-6-7-21(12-14)18-10-15(11-19)20-17-5-3-2-4-16(17)18/h2-5,10,14H,6-9,12-13H2,1H3. The summed E-state index contributed by atoms with van der Waals surface area (Å²) in [7, 11) is 1.68. The summed E-state index contributed by atoms with van der Waals surface area (Å²) in [5.74, 6) is 0.518. The number of aromatic nitrogens is 1. The Hall–Kier alpha value is -2.16. The molecule has 1 atom stereocenters. The van der Waals surface area contributed by atoms with Crippen molar-refractivity contribution in [2.75, 3.05) is 44.9 Å². The number of fused-ring (bicyclic) bond motifs is 1. The second kappa shape index (κ2) is 7.40. The summed E-state index contributed by atoms with van der Waals surface area (Å²) in [6.45, 7) is 3.97. The summed E-state index contributed by atoms with van der Waals surface area (Å²) in [6, 6.07) is 12.1. The highest BCUT2D eigenvalue weighted by Gasteiger charge is 2.24. The van der Waals surface area contributed by atoms with E-state index in [2.05, 4.69) is 22.0 Å². The molecule has 1 aromatic carbocycles. The van der Waals surface area contributed by atoms with Gasteiger partial charge in [-0.3, -0.25) is 0 Å². The third-order valence-electron chi connectivity index (χ3n) is 4.22. The summed E-state index contributed by atoms with van der Waals surface area (Å²) in [5, 5.41) is 10.3. The van der Waals surface area contributed by atoms with Crippen LogP contribution in [-0.2, 0) is 9.47 Å². The van der Waals surface area contributed by atoms with Crippen LogP contribution in [0.25, 0.3) is 10.9 Å². The predicted octanol–water partition coefficient (Wildman–Crippen LogP) is 2.60. The van der Waals surface area contributed by atoms with Gasteiger partial charge in [0.25, 0.3) is 0 Å². The van der Waals surface area contributed by atoms with E-state index < -0.39 is 0 Å². The molecule has 0 bridgehead atoms. The van der Waals surface area contributed by atoms with Crippen molar-refractivity contribution in [1.29, 1.82) is 5.26 Å². The van der Waals surface area contributed by atoms with Gasteiger partial charge in [0.2, 0.25) is 0 Å². The Bertz CT molecular complexity index is 711. The van der Waals surface area contributed by atoms with E-state index in [-0.39, 0.29) is 0 Å². The van der Waals surface area contributed by atoms with E-state index in [1.54, 1.807) is 7.11 Å². The Balaban J connectivity index is 1.75. The van der Waals surface area contributed by atoms with Gasteiger partial charge in [-0.2, -0.15) is 5.26 Å². The van der Waals surface area contributed by atoms with Crippen LogP contribution < -0.4 is 4.90 Å². The molecule has 1 aliphatic heterocycles. The number of nitrogens with zero attached hydrogens (tertiary/aromatic N) is 3. The average Bonchev–Trinajstić information content (AvgIpc) is 3.06. The highest BCUT2D eigenvalue weighted by atomic mass is 16.5. The minimum atomic E-state index is 0.471. The van der Waals surface area contributed by atoms with Gasteiger partial charge in [-0.05, 0) is 18.6 Å². The molecule has 120 valence electrons. The summed E-state index contributed by atoms with van der Waals surface area (Å²) >= 11 is 0. The number of anilines is 1. The minimum Gasteiger partial charge on any atom is -0.382 e. The second-order valence-electron chi connectivity index (χ2n) is 5.82. The first kappa shape index (κ1) is 15.7. The van der Waals surface area contributed by atoms with Crippen molar-refractivity contribution in [3.8, 4) is 6.07 Å². The Labute approximate surface area is 136 Å². The molecule has 3 rings (SSSR count). The quantitative estimate of drug-likeness (QED) is 0.768. The van der Waals surface area contributed by atoms with Gasteiger partial charge in [-0.25, -0.2) is 4.98 Å². The lowest BCUT2D eigenvalue weighted by atomic mass is 10.1. The minimum absolute atomic E-state index is 0.471. The lowest BCUT2D eigenvalue weighted by molar-refractivity contribution is 0.0549. The molecule has 1 aliphatic rings. The molecular weight excluding hydrogens is 290 g/mol. The fourth-order valence-electron chi connectivity index (χ4n) is 3.06. The van der Waals surface area contributed by atoms with Crippen LogP contribution in [0.1, 0.15) is 12.1 Å². The largest absolute Gasteiger partial charge is 0.382 e. The lowest BCUT2D eigenvalue weighted by Crippen LogP contribution is -2.22. The van der Waals surface area contributed by atoms with Gasteiger partial charge in [0.15, 0.2) is 0 Å². The topological polar surface area (TPSA) is 58.4 Å². The molecule has 0 radical (unpaired) electrons. The average molecular weight is 311 g/mol. The fraction of sp³-hybridized carbons (Fsp3) is 0.444.